The quantitative estimate of drug-likeness (QED) is 0.250. The third kappa shape index (κ3) is 3.05. The number of Topliss-reactive ketones (excluding diaryl/α,β-unsaturated/α-hetero) is 2. The van der Waals surface area contributed by atoms with Gasteiger partial charge in [-0.15, -0.1) is 0 Å². The second kappa shape index (κ2) is 5.85. The van der Waals surface area contributed by atoms with Crippen molar-refractivity contribution in [2.24, 2.45) is 0 Å². The monoisotopic (exact) mass is 218 g/mol. The number of benzene rings is 1. The molecule has 0 aliphatic rings. The van der Waals surface area contributed by atoms with Gasteiger partial charge in [0.2, 0.25) is 0 Å². The van der Waals surface area contributed by atoms with Gasteiger partial charge < -0.3 is 4.74 Å². The summed E-state index contributed by atoms with van der Waals surface area (Å²) in [5, 5.41) is 0. The van der Waals surface area contributed by atoms with E-state index >= 15 is 0 Å². The molecule has 0 spiro atoms. The van der Waals surface area contributed by atoms with Crippen LogP contribution in [0.2, 0.25) is 0 Å². The number of allylic oxidation sites excluding steroid dienone is 1. The first-order chi connectivity index (χ1) is 7.66. The summed E-state index contributed by atoms with van der Waals surface area (Å²) in [5.41, 5.74) is 0.566. The molecule has 0 saturated carbocycles. The van der Waals surface area contributed by atoms with Gasteiger partial charge in [0.05, 0.1) is 18.4 Å². The van der Waals surface area contributed by atoms with Crippen LogP contribution >= 0.6 is 0 Å². The van der Waals surface area contributed by atoms with Crippen molar-refractivity contribution < 1.29 is 14.3 Å². The van der Waals surface area contributed by atoms with Crippen molar-refractivity contribution in [2.75, 3.05) is 6.61 Å². The first-order valence-electron chi connectivity index (χ1n) is 5.09. The molecule has 1 aromatic rings. The summed E-state index contributed by atoms with van der Waals surface area (Å²) in [7, 11) is 0. The number of hydrogen-bond donors (Lipinski definition) is 0. The van der Waals surface area contributed by atoms with E-state index < -0.39 is 0 Å². The minimum absolute atomic E-state index is 0.0769. The van der Waals surface area contributed by atoms with E-state index in [1.165, 1.54) is 13.2 Å². The third-order valence-corrected chi connectivity index (χ3v) is 2.03. The average Bonchev–Trinajstić information content (AvgIpc) is 2.30. The number of rotatable bonds is 5. The van der Waals surface area contributed by atoms with Crippen molar-refractivity contribution in [3.05, 3.63) is 47.7 Å². The van der Waals surface area contributed by atoms with Gasteiger partial charge in [-0.3, -0.25) is 9.59 Å². The van der Waals surface area contributed by atoms with Crippen LogP contribution in [0.1, 0.15) is 24.2 Å². The van der Waals surface area contributed by atoms with Crippen LogP contribution in [0.4, 0.5) is 0 Å². The molecule has 0 atom stereocenters. The smallest absolute Gasteiger partial charge is 0.199 e. The summed E-state index contributed by atoms with van der Waals surface area (Å²) in [6.07, 6.45) is 1.23. The standard InChI is InChI=1S/C13H14O3/c1-3-16-9-12(10(2)14)13(15)11-7-5-4-6-8-11/h4-9H,3H2,1-2H3/b12-9-. The van der Waals surface area contributed by atoms with Crippen LogP contribution in [0.3, 0.4) is 0 Å². The lowest BCUT2D eigenvalue weighted by atomic mass is 10.0. The maximum atomic E-state index is 11.9. The molecule has 0 aliphatic carbocycles. The Labute approximate surface area is 94.7 Å². The fraction of sp³-hybridized carbons (Fsp3) is 0.231. The van der Waals surface area contributed by atoms with E-state index in [1.807, 2.05) is 6.07 Å². The Bertz CT molecular complexity index is 404. The molecule has 0 saturated heterocycles. The van der Waals surface area contributed by atoms with Crippen molar-refractivity contribution in [3.8, 4) is 0 Å². The summed E-state index contributed by atoms with van der Waals surface area (Å²) in [4.78, 5) is 23.2. The molecule has 3 nitrogen and oxygen atoms in total. The molecule has 0 N–H and O–H groups in total. The fourth-order valence-electron chi connectivity index (χ4n) is 1.21. The number of ketones is 2. The van der Waals surface area contributed by atoms with Gasteiger partial charge in [0.15, 0.2) is 11.6 Å². The number of carbonyl (C=O) groups excluding carboxylic acids is 2. The van der Waals surface area contributed by atoms with Crippen molar-refractivity contribution >= 4 is 11.6 Å². The van der Waals surface area contributed by atoms with Crippen LogP contribution in [-0.2, 0) is 9.53 Å². The highest BCUT2D eigenvalue weighted by Gasteiger charge is 2.16. The third-order valence-electron chi connectivity index (χ3n) is 2.03. The van der Waals surface area contributed by atoms with Crippen LogP contribution in [0.5, 0.6) is 0 Å². The Balaban J connectivity index is 2.97. The fourth-order valence-corrected chi connectivity index (χ4v) is 1.21. The predicted molar refractivity (Wildman–Crippen MR) is 61.2 cm³/mol. The Hall–Kier alpha value is -1.90. The van der Waals surface area contributed by atoms with Gasteiger partial charge in [-0.2, -0.15) is 0 Å². The van der Waals surface area contributed by atoms with Crippen LogP contribution in [0.15, 0.2) is 42.2 Å². The molecule has 0 radical (unpaired) electrons. The normalized spacial score (nSPS) is 11.0. The lowest BCUT2D eigenvalue weighted by molar-refractivity contribution is -0.113. The van der Waals surface area contributed by atoms with Gasteiger partial charge in [-0.25, -0.2) is 0 Å². The molecule has 84 valence electrons. The lowest BCUT2D eigenvalue weighted by Gasteiger charge is -2.03. The summed E-state index contributed by atoms with van der Waals surface area (Å²) in [5.74, 6) is -0.594. The van der Waals surface area contributed by atoms with E-state index in [2.05, 4.69) is 0 Å². The second-order valence-corrected chi connectivity index (χ2v) is 3.24. The second-order valence-electron chi connectivity index (χ2n) is 3.24. The molecule has 3 heteroatoms. The average molecular weight is 218 g/mol. The van der Waals surface area contributed by atoms with E-state index in [1.54, 1.807) is 31.2 Å². The van der Waals surface area contributed by atoms with Crippen LogP contribution < -0.4 is 0 Å². The largest absolute Gasteiger partial charge is 0.501 e. The Morgan fingerprint density at radius 3 is 2.38 bits per heavy atom. The minimum atomic E-state index is -0.304. The van der Waals surface area contributed by atoms with Crippen molar-refractivity contribution in [3.63, 3.8) is 0 Å². The summed E-state index contributed by atoms with van der Waals surface area (Å²) in [6, 6.07) is 8.67. The molecule has 1 aromatic carbocycles. The van der Waals surface area contributed by atoms with Crippen LogP contribution in [-0.4, -0.2) is 18.2 Å². The maximum absolute atomic E-state index is 11.9. The zero-order chi connectivity index (χ0) is 12.0. The van der Waals surface area contributed by atoms with E-state index in [0.29, 0.717) is 12.2 Å². The first kappa shape index (κ1) is 12.2. The summed E-state index contributed by atoms with van der Waals surface area (Å²) >= 11 is 0. The van der Waals surface area contributed by atoms with E-state index in [4.69, 9.17) is 4.74 Å². The zero-order valence-electron chi connectivity index (χ0n) is 9.40. The molecular formula is C13H14O3. The predicted octanol–water partition coefficient (Wildman–Crippen LogP) is 2.38. The summed E-state index contributed by atoms with van der Waals surface area (Å²) in [6.45, 7) is 3.58. The highest BCUT2D eigenvalue weighted by molar-refractivity contribution is 6.25. The molecule has 1 rings (SSSR count). The molecule has 16 heavy (non-hydrogen) atoms. The molecule has 0 heterocycles. The van der Waals surface area contributed by atoms with Crippen molar-refractivity contribution in [1.29, 1.82) is 0 Å². The number of hydrogen-bond acceptors (Lipinski definition) is 3. The highest BCUT2D eigenvalue weighted by Crippen LogP contribution is 2.09. The van der Waals surface area contributed by atoms with E-state index in [-0.39, 0.29) is 17.1 Å². The molecule has 0 fully saturated rings. The van der Waals surface area contributed by atoms with E-state index in [9.17, 15) is 9.59 Å². The molecule has 0 bridgehead atoms. The van der Waals surface area contributed by atoms with Gasteiger partial charge in [0, 0.05) is 5.56 Å². The maximum Gasteiger partial charge on any atom is 0.199 e. The highest BCUT2D eigenvalue weighted by atomic mass is 16.5. The van der Waals surface area contributed by atoms with Gasteiger partial charge in [-0.1, -0.05) is 30.3 Å². The number of carbonyl (C=O) groups is 2. The van der Waals surface area contributed by atoms with Gasteiger partial charge >= 0.3 is 0 Å². The Morgan fingerprint density at radius 1 is 1.25 bits per heavy atom. The molecule has 0 amide bonds. The van der Waals surface area contributed by atoms with Crippen molar-refractivity contribution in [2.45, 2.75) is 13.8 Å². The first-order valence-corrected chi connectivity index (χ1v) is 5.09. The molecular weight excluding hydrogens is 204 g/mol. The van der Waals surface area contributed by atoms with Gasteiger partial charge in [0.1, 0.15) is 0 Å². The lowest BCUT2D eigenvalue weighted by Crippen LogP contribution is -2.11. The topological polar surface area (TPSA) is 43.4 Å². The zero-order valence-corrected chi connectivity index (χ0v) is 9.40. The molecule has 0 unspecified atom stereocenters. The molecule has 0 aromatic heterocycles. The minimum Gasteiger partial charge on any atom is -0.501 e. The number of ether oxygens (including phenoxy) is 1. The van der Waals surface area contributed by atoms with Gasteiger partial charge in [-0.05, 0) is 13.8 Å². The van der Waals surface area contributed by atoms with Crippen LogP contribution in [0, 0.1) is 0 Å². The van der Waals surface area contributed by atoms with Gasteiger partial charge in [0.25, 0.3) is 0 Å². The molecule has 0 aliphatic heterocycles. The Morgan fingerprint density at radius 2 is 1.88 bits per heavy atom. The van der Waals surface area contributed by atoms with Crippen LogP contribution in [0.25, 0.3) is 0 Å². The summed E-state index contributed by atoms with van der Waals surface area (Å²) < 4.78 is 5.00. The SMILES string of the molecule is CCO/C=C(/C(C)=O)C(=O)c1ccccc1. The van der Waals surface area contributed by atoms with Crippen molar-refractivity contribution in [1.82, 2.24) is 0 Å². The Kier molecular flexibility index (Phi) is 4.45. The van der Waals surface area contributed by atoms with E-state index in [0.717, 1.165) is 0 Å².